The zero-order valence-corrected chi connectivity index (χ0v) is 16.8. The number of aliphatic imine (C=N–C) groups is 1. The molecule has 0 atom stereocenters. The molecule has 1 heterocycles. The van der Waals surface area contributed by atoms with Gasteiger partial charge in [0.05, 0.1) is 11.3 Å². The van der Waals surface area contributed by atoms with Crippen LogP contribution in [-0.4, -0.2) is 16.9 Å². The zero-order chi connectivity index (χ0) is 18.6. The van der Waals surface area contributed by atoms with Gasteiger partial charge in [-0.1, -0.05) is 51.6 Å². The summed E-state index contributed by atoms with van der Waals surface area (Å²) in [5.74, 6) is 1.00. The van der Waals surface area contributed by atoms with E-state index in [2.05, 4.69) is 79.3 Å². The van der Waals surface area contributed by atoms with Crippen molar-refractivity contribution in [1.29, 1.82) is 0 Å². The molecule has 1 aliphatic heterocycles. The van der Waals surface area contributed by atoms with E-state index in [1.54, 1.807) is 0 Å². The Balaban J connectivity index is 2.20. The standard InChI is InChI=1S/C23H31NO/c1-15-16-13-14-22(5,6)25-20(16)18-12-10-9-11-17(18)19(15)24-23(7,8)21(2,3)4/h9-12H,1,13-14H2,2-8H3. The minimum Gasteiger partial charge on any atom is -0.487 e. The zero-order valence-electron chi connectivity index (χ0n) is 16.8. The molecule has 3 rings (SSSR count). The molecule has 0 amide bonds. The SMILES string of the molecule is C=C1C(=NC(C)(C)C(C)(C)C)c2ccccc2C2=C1CCC(C)(C)O2. The van der Waals surface area contributed by atoms with Gasteiger partial charge in [-0.3, -0.25) is 4.99 Å². The van der Waals surface area contributed by atoms with Crippen LogP contribution in [0.3, 0.4) is 0 Å². The molecule has 2 nitrogen and oxygen atoms in total. The lowest BCUT2D eigenvalue weighted by molar-refractivity contribution is 0.0567. The van der Waals surface area contributed by atoms with Gasteiger partial charge in [0.1, 0.15) is 11.4 Å². The summed E-state index contributed by atoms with van der Waals surface area (Å²) in [4.78, 5) is 5.22. The van der Waals surface area contributed by atoms with Crippen molar-refractivity contribution < 1.29 is 4.74 Å². The second-order valence-corrected chi connectivity index (χ2v) is 9.46. The molecule has 1 aromatic carbocycles. The first kappa shape index (κ1) is 18.0. The topological polar surface area (TPSA) is 21.6 Å². The quantitative estimate of drug-likeness (QED) is 0.600. The number of hydrogen-bond acceptors (Lipinski definition) is 2. The molecule has 0 N–H and O–H groups in total. The Labute approximate surface area is 152 Å². The lowest BCUT2D eigenvalue weighted by Gasteiger charge is -2.40. The van der Waals surface area contributed by atoms with E-state index < -0.39 is 0 Å². The van der Waals surface area contributed by atoms with Crippen LogP contribution in [0.1, 0.15) is 72.4 Å². The monoisotopic (exact) mass is 337 g/mol. The van der Waals surface area contributed by atoms with Gasteiger partial charge in [-0.05, 0) is 46.0 Å². The normalized spacial score (nSPS) is 21.7. The molecule has 0 saturated carbocycles. The summed E-state index contributed by atoms with van der Waals surface area (Å²) < 4.78 is 6.38. The third-order valence-corrected chi connectivity index (χ3v) is 5.93. The predicted molar refractivity (Wildman–Crippen MR) is 107 cm³/mol. The number of allylic oxidation sites excluding steroid dienone is 2. The highest BCUT2D eigenvalue weighted by atomic mass is 16.5. The fraction of sp³-hybridized carbons (Fsp3) is 0.522. The molecular formula is C23H31NO. The Morgan fingerprint density at radius 2 is 1.64 bits per heavy atom. The van der Waals surface area contributed by atoms with Gasteiger partial charge in [0.25, 0.3) is 0 Å². The summed E-state index contributed by atoms with van der Waals surface area (Å²) in [7, 11) is 0. The molecule has 0 aromatic heterocycles. The summed E-state index contributed by atoms with van der Waals surface area (Å²) >= 11 is 0. The largest absolute Gasteiger partial charge is 0.487 e. The molecule has 0 spiro atoms. The van der Waals surface area contributed by atoms with Crippen LogP contribution in [0, 0.1) is 5.41 Å². The van der Waals surface area contributed by atoms with Crippen molar-refractivity contribution in [2.75, 3.05) is 0 Å². The summed E-state index contributed by atoms with van der Waals surface area (Å²) in [6, 6.07) is 8.45. The van der Waals surface area contributed by atoms with Crippen molar-refractivity contribution in [2.24, 2.45) is 10.4 Å². The summed E-state index contributed by atoms with van der Waals surface area (Å²) in [6.07, 6.45) is 1.99. The van der Waals surface area contributed by atoms with Gasteiger partial charge in [0, 0.05) is 22.3 Å². The number of hydrogen-bond donors (Lipinski definition) is 0. The molecule has 134 valence electrons. The van der Waals surface area contributed by atoms with E-state index in [1.165, 1.54) is 5.57 Å². The first-order valence-electron chi connectivity index (χ1n) is 9.24. The maximum absolute atomic E-state index is 6.38. The highest BCUT2D eigenvalue weighted by molar-refractivity contribution is 6.20. The highest BCUT2D eigenvalue weighted by Gasteiger charge is 2.38. The van der Waals surface area contributed by atoms with Crippen molar-refractivity contribution in [3.8, 4) is 0 Å². The van der Waals surface area contributed by atoms with E-state index in [0.29, 0.717) is 0 Å². The smallest absolute Gasteiger partial charge is 0.131 e. The van der Waals surface area contributed by atoms with Gasteiger partial charge in [-0.25, -0.2) is 0 Å². The first-order valence-corrected chi connectivity index (χ1v) is 9.24. The van der Waals surface area contributed by atoms with Crippen LogP contribution in [0.2, 0.25) is 0 Å². The second kappa shape index (κ2) is 5.59. The minimum absolute atomic E-state index is 0.0644. The highest BCUT2D eigenvalue weighted by Crippen LogP contribution is 2.45. The number of fused-ring (bicyclic) bond motifs is 2. The maximum atomic E-state index is 6.38. The Kier molecular flexibility index (Phi) is 4.02. The fourth-order valence-electron chi connectivity index (χ4n) is 3.20. The van der Waals surface area contributed by atoms with Crippen molar-refractivity contribution >= 4 is 11.5 Å². The number of benzene rings is 1. The van der Waals surface area contributed by atoms with Crippen LogP contribution >= 0.6 is 0 Å². The minimum atomic E-state index is -0.189. The van der Waals surface area contributed by atoms with Crippen LogP contribution < -0.4 is 0 Å². The first-order chi connectivity index (χ1) is 11.4. The Hall–Kier alpha value is -1.83. The molecule has 0 bridgehead atoms. The molecule has 25 heavy (non-hydrogen) atoms. The van der Waals surface area contributed by atoms with E-state index in [9.17, 15) is 0 Å². The van der Waals surface area contributed by atoms with Gasteiger partial charge >= 0.3 is 0 Å². The van der Waals surface area contributed by atoms with Gasteiger partial charge in [-0.15, -0.1) is 0 Å². The van der Waals surface area contributed by atoms with E-state index in [0.717, 1.165) is 41.0 Å². The molecule has 0 radical (unpaired) electrons. The summed E-state index contributed by atoms with van der Waals surface area (Å²) in [6.45, 7) is 19.9. The van der Waals surface area contributed by atoms with Crippen LogP contribution in [0.5, 0.6) is 0 Å². The van der Waals surface area contributed by atoms with Crippen LogP contribution in [0.15, 0.2) is 47.0 Å². The molecular weight excluding hydrogens is 306 g/mol. The number of rotatable bonds is 1. The van der Waals surface area contributed by atoms with E-state index in [4.69, 9.17) is 9.73 Å². The lowest BCUT2D eigenvalue weighted by Crippen LogP contribution is -2.37. The molecule has 0 saturated heterocycles. The average Bonchev–Trinajstić information content (AvgIpc) is 2.49. The maximum Gasteiger partial charge on any atom is 0.131 e. The predicted octanol–water partition coefficient (Wildman–Crippen LogP) is 6.17. The van der Waals surface area contributed by atoms with E-state index in [-0.39, 0.29) is 16.6 Å². The summed E-state index contributed by atoms with van der Waals surface area (Å²) in [5, 5.41) is 0. The number of nitrogens with zero attached hydrogens (tertiary/aromatic N) is 1. The Morgan fingerprint density at radius 3 is 2.24 bits per heavy atom. The molecule has 0 fully saturated rings. The van der Waals surface area contributed by atoms with Crippen LogP contribution in [0.25, 0.3) is 5.76 Å². The average molecular weight is 338 g/mol. The van der Waals surface area contributed by atoms with Gasteiger partial charge in [0.15, 0.2) is 0 Å². The van der Waals surface area contributed by atoms with E-state index >= 15 is 0 Å². The third-order valence-electron chi connectivity index (χ3n) is 5.93. The second-order valence-electron chi connectivity index (χ2n) is 9.46. The Morgan fingerprint density at radius 1 is 1.04 bits per heavy atom. The molecule has 2 aliphatic rings. The van der Waals surface area contributed by atoms with Crippen molar-refractivity contribution in [3.05, 3.63) is 53.1 Å². The Bertz CT molecular complexity index is 785. The summed E-state index contributed by atoms with van der Waals surface area (Å²) in [5.41, 5.74) is 5.31. The van der Waals surface area contributed by atoms with Crippen molar-refractivity contribution in [1.82, 2.24) is 0 Å². The number of ether oxygens (including phenoxy) is 1. The van der Waals surface area contributed by atoms with Gasteiger partial charge in [0.2, 0.25) is 0 Å². The van der Waals surface area contributed by atoms with Crippen LogP contribution in [0.4, 0.5) is 0 Å². The molecule has 1 aliphatic carbocycles. The van der Waals surface area contributed by atoms with E-state index in [1.807, 2.05) is 0 Å². The van der Waals surface area contributed by atoms with Gasteiger partial charge < -0.3 is 4.74 Å². The molecule has 1 aromatic rings. The van der Waals surface area contributed by atoms with Crippen molar-refractivity contribution in [2.45, 2.75) is 72.4 Å². The lowest BCUT2D eigenvalue weighted by atomic mass is 9.75. The third kappa shape index (κ3) is 3.07. The fourth-order valence-corrected chi connectivity index (χ4v) is 3.20. The van der Waals surface area contributed by atoms with Gasteiger partial charge in [-0.2, -0.15) is 0 Å². The molecule has 0 unspecified atom stereocenters. The van der Waals surface area contributed by atoms with Crippen molar-refractivity contribution in [3.63, 3.8) is 0 Å². The molecule has 2 heteroatoms. The van der Waals surface area contributed by atoms with Crippen LogP contribution in [-0.2, 0) is 4.74 Å².